The van der Waals surface area contributed by atoms with Crippen LogP contribution in [0.2, 0.25) is 0 Å². The molecule has 196 valence electrons. The summed E-state index contributed by atoms with van der Waals surface area (Å²) in [6.45, 7) is 11.0. The van der Waals surface area contributed by atoms with Crippen molar-refractivity contribution in [3.05, 3.63) is 46.5 Å². The molecule has 1 aliphatic heterocycles. The Morgan fingerprint density at radius 1 is 0.889 bits per heavy atom. The molecule has 1 spiro atoms. The van der Waals surface area contributed by atoms with Crippen LogP contribution in [0.5, 0.6) is 0 Å². The summed E-state index contributed by atoms with van der Waals surface area (Å²) < 4.78 is 13.0. The summed E-state index contributed by atoms with van der Waals surface area (Å²) in [6, 6.07) is 9.63. The van der Waals surface area contributed by atoms with Gasteiger partial charge in [-0.3, -0.25) is 0 Å². The predicted octanol–water partition coefficient (Wildman–Crippen LogP) is 7.28. The monoisotopic (exact) mass is 490 g/mol. The van der Waals surface area contributed by atoms with Crippen LogP contribution in [0.3, 0.4) is 0 Å². The van der Waals surface area contributed by atoms with Crippen molar-refractivity contribution in [2.75, 3.05) is 13.2 Å². The van der Waals surface area contributed by atoms with E-state index in [0.717, 1.165) is 45.3 Å². The highest BCUT2D eigenvalue weighted by Gasteiger charge is 2.58. The van der Waals surface area contributed by atoms with E-state index in [9.17, 15) is 5.11 Å². The van der Waals surface area contributed by atoms with Crippen LogP contribution >= 0.6 is 0 Å². The van der Waals surface area contributed by atoms with Crippen molar-refractivity contribution in [1.29, 1.82) is 0 Å². The van der Waals surface area contributed by atoms with Crippen molar-refractivity contribution in [3.63, 3.8) is 0 Å². The summed E-state index contributed by atoms with van der Waals surface area (Å²) in [7, 11) is 0. The number of hydrogen-bond donors (Lipinski definition) is 1. The summed E-state index contributed by atoms with van der Waals surface area (Å²) in [5.74, 6) is 1.95. The number of fused-ring (bicyclic) bond motifs is 4. The normalized spacial score (nSPS) is 42.0. The Kier molecular flexibility index (Phi) is 5.27. The lowest BCUT2D eigenvalue weighted by atomic mass is 9.52. The van der Waals surface area contributed by atoms with Crippen molar-refractivity contribution < 1.29 is 14.6 Å². The van der Waals surface area contributed by atoms with Gasteiger partial charge in [0.25, 0.3) is 0 Å². The van der Waals surface area contributed by atoms with E-state index in [0.29, 0.717) is 29.1 Å². The fraction of sp³-hybridized carbons (Fsp3) is 0.758. The molecule has 6 unspecified atom stereocenters. The molecule has 6 aliphatic rings. The van der Waals surface area contributed by atoms with Crippen LogP contribution in [0.1, 0.15) is 109 Å². The Labute approximate surface area is 218 Å². The number of hydrogen-bond acceptors (Lipinski definition) is 3. The Hall–Kier alpha value is -1.16. The highest BCUT2D eigenvalue weighted by molar-refractivity contribution is 5.43. The molecule has 0 aromatic heterocycles. The van der Waals surface area contributed by atoms with Crippen LogP contribution in [-0.4, -0.2) is 30.2 Å². The Morgan fingerprint density at radius 3 is 2.42 bits per heavy atom. The first-order valence-corrected chi connectivity index (χ1v) is 14.9. The Balaban J connectivity index is 1.28. The van der Waals surface area contributed by atoms with Crippen molar-refractivity contribution in [2.45, 2.75) is 115 Å². The number of rotatable bonds is 2. The van der Waals surface area contributed by atoms with Gasteiger partial charge in [0.05, 0.1) is 19.3 Å². The molecular weight excluding hydrogens is 444 g/mol. The van der Waals surface area contributed by atoms with Crippen molar-refractivity contribution >= 4 is 0 Å². The van der Waals surface area contributed by atoms with Crippen molar-refractivity contribution in [3.8, 4) is 0 Å². The average Bonchev–Trinajstić information content (AvgIpc) is 3.55. The molecule has 4 saturated carbocycles. The van der Waals surface area contributed by atoms with Gasteiger partial charge in [-0.05, 0) is 91.1 Å². The van der Waals surface area contributed by atoms with Crippen LogP contribution in [0.15, 0.2) is 35.4 Å². The van der Waals surface area contributed by atoms with Gasteiger partial charge in [-0.25, -0.2) is 0 Å². The lowest BCUT2D eigenvalue weighted by Crippen LogP contribution is -2.52. The minimum atomic E-state index is -0.361. The molecule has 0 radical (unpaired) electrons. The van der Waals surface area contributed by atoms with Gasteiger partial charge in [0, 0.05) is 24.2 Å². The van der Waals surface area contributed by atoms with Gasteiger partial charge in [0.1, 0.15) is 0 Å². The summed E-state index contributed by atoms with van der Waals surface area (Å²) in [5, 5.41) is 11.2. The molecule has 1 saturated heterocycles. The largest absolute Gasteiger partial charge is 0.393 e. The maximum Gasteiger partial charge on any atom is 0.169 e. The van der Waals surface area contributed by atoms with E-state index in [4.69, 9.17) is 9.47 Å². The zero-order valence-electron chi connectivity index (χ0n) is 22.9. The van der Waals surface area contributed by atoms with Gasteiger partial charge in [-0.1, -0.05) is 63.1 Å². The van der Waals surface area contributed by atoms with E-state index in [2.05, 4.69) is 52.0 Å². The SMILES string of the molecule is CC1(C)COC2(CCC3=C4C(c5cccc(C6(C)CC6)c5)CC5(C)C(O)CCC5C4CCC3C2)OC1. The maximum absolute atomic E-state index is 11.2. The molecule has 3 heteroatoms. The summed E-state index contributed by atoms with van der Waals surface area (Å²) in [4.78, 5) is 0. The van der Waals surface area contributed by atoms with E-state index >= 15 is 0 Å². The van der Waals surface area contributed by atoms with E-state index in [1.165, 1.54) is 43.2 Å². The molecule has 1 N–H and O–H groups in total. The standard InChI is InChI=1S/C33H46O3/c1-30(2)19-35-33(36-20-30)13-12-24-22(17-33)8-9-25-27-10-11-28(34)32(27,4)18-26(29(24)25)21-6-5-7-23(16-21)31(3)14-15-31/h5-7,16,22,25-28,34H,8-15,17-20H2,1-4H3. The molecule has 1 aromatic carbocycles. The van der Waals surface area contributed by atoms with E-state index in [-0.39, 0.29) is 22.7 Å². The lowest BCUT2D eigenvalue weighted by molar-refractivity contribution is -0.312. The first-order valence-electron chi connectivity index (χ1n) is 14.9. The number of aliphatic hydroxyl groups excluding tert-OH is 1. The van der Waals surface area contributed by atoms with Gasteiger partial charge >= 0.3 is 0 Å². The summed E-state index contributed by atoms with van der Waals surface area (Å²) in [5.41, 5.74) is 7.13. The van der Waals surface area contributed by atoms with Crippen LogP contribution in [0.25, 0.3) is 0 Å². The highest BCUT2D eigenvalue weighted by atomic mass is 16.7. The lowest BCUT2D eigenvalue weighted by Gasteiger charge is -2.55. The number of aliphatic hydroxyl groups is 1. The van der Waals surface area contributed by atoms with E-state index in [1.807, 2.05) is 0 Å². The van der Waals surface area contributed by atoms with Crippen molar-refractivity contribution in [1.82, 2.24) is 0 Å². The van der Waals surface area contributed by atoms with Crippen LogP contribution in [0, 0.1) is 28.6 Å². The minimum absolute atomic E-state index is 0.0444. The zero-order chi connectivity index (χ0) is 24.9. The molecule has 1 heterocycles. The molecule has 5 aliphatic carbocycles. The number of ether oxygens (including phenoxy) is 2. The average molecular weight is 491 g/mol. The third kappa shape index (κ3) is 3.62. The summed E-state index contributed by atoms with van der Waals surface area (Å²) in [6.07, 6.45) is 11.4. The van der Waals surface area contributed by atoms with E-state index < -0.39 is 0 Å². The Morgan fingerprint density at radius 2 is 1.67 bits per heavy atom. The fourth-order valence-corrected chi connectivity index (χ4v) is 9.11. The van der Waals surface area contributed by atoms with Gasteiger partial charge < -0.3 is 14.6 Å². The third-order valence-electron chi connectivity index (χ3n) is 11.7. The molecule has 5 fully saturated rings. The topological polar surface area (TPSA) is 38.7 Å². The van der Waals surface area contributed by atoms with Gasteiger partial charge in [0.15, 0.2) is 5.79 Å². The quantitative estimate of drug-likeness (QED) is 0.443. The molecule has 6 atom stereocenters. The highest BCUT2D eigenvalue weighted by Crippen LogP contribution is 2.65. The number of allylic oxidation sites excluding steroid dienone is 2. The fourth-order valence-electron chi connectivity index (χ4n) is 9.11. The maximum atomic E-state index is 11.2. The van der Waals surface area contributed by atoms with Crippen LogP contribution in [0.4, 0.5) is 0 Å². The minimum Gasteiger partial charge on any atom is -0.393 e. The molecule has 3 nitrogen and oxygen atoms in total. The van der Waals surface area contributed by atoms with Crippen LogP contribution in [-0.2, 0) is 14.9 Å². The molecule has 36 heavy (non-hydrogen) atoms. The van der Waals surface area contributed by atoms with Crippen LogP contribution < -0.4 is 0 Å². The van der Waals surface area contributed by atoms with Crippen molar-refractivity contribution in [2.24, 2.45) is 28.6 Å². The first kappa shape index (κ1) is 23.9. The summed E-state index contributed by atoms with van der Waals surface area (Å²) >= 11 is 0. The second-order valence-corrected chi connectivity index (χ2v) is 14.9. The number of benzene rings is 1. The predicted molar refractivity (Wildman–Crippen MR) is 143 cm³/mol. The molecular formula is C33H46O3. The molecule has 0 bridgehead atoms. The van der Waals surface area contributed by atoms with Gasteiger partial charge in [-0.15, -0.1) is 0 Å². The smallest absolute Gasteiger partial charge is 0.169 e. The third-order valence-corrected chi connectivity index (χ3v) is 11.7. The van der Waals surface area contributed by atoms with Gasteiger partial charge in [0.2, 0.25) is 0 Å². The molecule has 0 amide bonds. The second kappa shape index (κ2) is 7.93. The molecule has 7 rings (SSSR count). The second-order valence-electron chi connectivity index (χ2n) is 14.9. The Bertz CT molecular complexity index is 1070. The zero-order valence-corrected chi connectivity index (χ0v) is 22.9. The first-order chi connectivity index (χ1) is 17.1. The van der Waals surface area contributed by atoms with E-state index in [1.54, 1.807) is 11.1 Å². The van der Waals surface area contributed by atoms with Gasteiger partial charge in [-0.2, -0.15) is 0 Å². The molecule has 1 aromatic rings.